The lowest BCUT2D eigenvalue weighted by Gasteiger charge is -2.35. The minimum absolute atomic E-state index is 0.00461. The molecule has 6 bridgehead atoms. The second kappa shape index (κ2) is 7.87. The van der Waals surface area contributed by atoms with E-state index in [9.17, 15) is 18.3 Å². The first kappa shape index (κ1) is 22.2. The number of aliphatic hydroxyl groups excluding tert-OH is 1. The van der Waals surface area contributed by atoms with Crippen LogP contribution in [-0.4, -0.2) is 67.2 Å². The zero-order valence-corrected chi connectivity index (χ0v) is 18.8. The molecule has 8 nitrogen and oxygen atoms in total. The van der Waals surface area contributed by atoms with Crippen LogP contribution in [0.2, 0.25) is 0 Å². The van der Waals surface area contributed by atoms with E-state index < -0.39 is 24.0 Å². The van der Waals surface area contributed by atoms with Crippen molar-refractivity contribution in [2.75, 3.05) is 19.7 Å². The van der Waals surface area contributed by atoms with Gasteiger partial charge >= 0.3 is 6.18 Å². The summed E-state index contributed by atoms with van der Waals surface area (Å²) in [6, 6.07) is 10.3. The molecule has 0 amide bonds. The number of hydrogen-bond donors (Lipinski definition) is 2. The molecule has 2 aliphatic heterocycles. The second-order valence-electron chi connectivity index (χ2n) is 9.25. The van der Waals surface area contributed by atoms with E-state index in [4.69, 9.17) is 9.72 Å². The van der Waals surface area contributed by atoms with E-state index >= 15 is 0 Å². The Bertz CT molecular complexity index is 1420. The summed E-state index contributed by atoms with van der Waals surface area (Å²) >= 11 is 0. The number of hydrogen-bond acceptors (Lipinski definition) is 7. The largest absolute Gasteiger partial charge is 0.473 e. The smallest absolute Gasteiger partial charge is 0.408 e. The number of nitrogens with zero attached hydrogens (tertiary/aromatic N) is 5. The molecule has 0 spiro atoms. The Hall–Kier alpha value is -3.28. The fourth-order valence-corrected chi connectivity index (χ4v) is 5.26. The SMILES string of the molecule is CC1NC2(CO)CCN(C2)C(C(F)(F)F)c2ccc3nnc(n3c2)-c2ccc3cccc(c3n2)O1. The Balaban J connectivity index is 1.60. The molecule has 35 heavy (non-hydrogen) atoms. The van der Waals surface area contributed by atoms with Crippen molar-refractivity contribution in [3.05, 3.63) is 54.2 Å². The van der Waals surface area contributed by atoms with Gasteiger partial charge in [-0.2, -0.15) is 13.2 Å². The van der Waals surface area contributed by atoms with Crippen molar-refractivity contribution in [3.63, 3.8) is 0 Å². The van der Waals surface area contributed by atoms with Gasteiger partial charge < -0.3 is 9.84 Å². The van der Waals surface area contributed by atoms with Crippen molar-refractivity contribution in [2.24, 2.45) is 0 Å². The molecule has 2 aliphatic rings. The molecular weight excluding hydrogens is 461 g/mol. The molecule has 0 saturated carbocycles. The first-order valence-electron chi connectivity index (χ1n) is 11.4. The van der Waals surface area contributed by atoms with Gasteiger partial charge in [0.05, 0.1) is 12.1 Å². The van der Waals surface area contributed by atoms with Gasteiger partial charge in [-0.1, -0.05) is 24.3 Å². The van der Waals surface area contributed by atoms with Crippen molar-refractivity contribution >= 4 is 16.6 Å². The Morgan fingerprint density at radius 1 is 1.17 bits per heavy atom. The summed E-state index contributed by atoms with van der Waals surface area (Å²) in [6.07, 6.45) is -3.35. The minimum atomic E-state index is -4.53. The molecule has 0 radical (unpaired) electrons. The maximum Gasteiger partial charge on any atom is 0.408 e. The number of halogens is 3. The number of aliphatic hydroxyl groups is 1. The van der Waals surface area contributed by atoms with Crippen molar-refractivity contribution in [2.45, 2.75) is 37.3 Å². The summed E-state index contributed by atoms with van der Waals surface area (Å²) in [7, 11) is 0. The van der Waals surface area contributed by atoms with Gasteiger partial charge in [0.1, 0.15) is 29.2 Å². The Labute approximate surface area is 198 Å². The zero-order chi connectivity index (χ0) is 24.4. The molecule has 1 saturated heterocycles. The highest BCUT2D eigenvalue weighted by molar-refractivity contribution is 5.86. The van der Waals surface area contributed by atoms with Crippen LogP contribution >= 0.6 is 0 Å². The zero-order valence-electron chi connectivity index (χ0n) is 18.8. The number of pyridine rings is 2. The normalized spacial score (nSPS) is 26.7. The number of rotatable bonds is 1. The molecule has 1 aromatic carbocycles. The third-order valence-electron chi connectivity index (χ3n) is 6.83. The van der Waals surface area contributed by atoms with Gasteiger partial charge in [0.25, 0.3) is 0 Å². The van der Waals surface area contributed by atoms with Crippen LogP contribution in [-0.2, 0) is 0 Å². The van der Waals surface area contributed by atoms with Gasteiger partial charge in [-0.15, -0.1) is 10.2 Å². The molecule has 1 fully saturated rings. The van der Waals surface area contributed by atoms with Gasteiger partial charge in [0.15, 0.2) is 11.5 Å². The van der Waals surface area contributed by atoms with Crippen LogP contribution in [0.25, 0.3) is 28.1 Å². The van der Waals surface area contributed by atoms with Crippen LogP contribution in [0.5, 0.6) is 5.75 Å². The summed E-state index contributed by atoms with van der Waals surface area (Å²) in [4.78, 5) is 6.11. The molecule has 182 valence electrons. The molecule has 2 N–H and O–H groups in total. The van der Waals surface area contributed by atoms with Crippen molar-refractivity contribution in [3.8, 4) is 17.3 Å². The first-order valence-corrected chi connectivity index (χ1v) is 11.4. The van der Waals surface area contributed by atoms with E-state index in [2.05, 4.69) is 15.5 Å². The lowest BCUT2D eigenvalue weighted by molar-refractivity contribution is -0.184. The third kappa shape index (κ3) is 3.70. The lowest BCUT2D eigenvalue weighted by atomic mass is 9.99. The summed E-state index contributed by atoms with van der Waals surface area (Å²) in [5.41, 5.74) is 0.604. The molecule has 3 aromatic heterocycles. The van der Waals surface area contributed by atoms with Crippen LogP contribution in [0.1, 0.15) is 24.9 Å². The molecule has 0 aliphatic carbocycles. The van der Waals surface area contributed by atoms with Gasteiger partial charge in [-0.3, -0.25) is 14.6 Å². The van der Waals surface area contributed by atoms with Gasteiger partial charge in [-0.25, -0.2) is 4.98 Å². The van der Waals surface area contributed by atoms with Gasteiger partial charge in [0.2, 0.25) is 0 Å². The highest BCUT2D eigenvalue weighted by Crippen LogP contribution is 2.41. The number of fused-ring (bicyclic) bond motifs is 5. The number of nitrogens with one attached hydrogen (secondary N) is 1. The van der Waals surface area contributed by atoms with Crippen LogP contribution in [0.4, 0.5) is 13.2 Å². The number of alkyl halides is 3. The predicted molar refractivity (Wildman–Crippen MR) is 122 cm³/mol. The third-order valence-corrected chi connectivity index (χ3v) is 6.83. The quantitative estimate of drug-likeness (QED) is 0.429. The lowest BCUT2D eigenvalue weighted by Crippen LogP contribution is -2.56. The fraction of sp³-hybridized carbons (Fsp3) is 0.375. The molecule has 4 aromatic rings. The Kier molecular flexibility index (Phi) is 4.99. The van der Waals surface area contributed by atoms with Crippen LogP contribution in [0.15, 0.2) is 48.7 Å². The summed E-state index contributed by atoms with van der Waals surface area (Å²) < 4.78 is 51.0. The van der Waals surface area contributed by atoms with E-state index in [1.165, 1.54) is 23.2 Å². The van der Waals surface area contributed by atoms with E-state index in [0.717, 1.165) is 5.39 Å². The van der Waals surface area contributed by atoms with E-state index in [1.807, 2.05) is 18.2 Å². The number of ether oxygens (including phenoxy) is 1. The Morgan fingerprint density at radius 3 is 2.83 bits per heavy atom. The maximum absolute atomic E-state index is 14.4. The average molecular weight is 484 g/mol. The summed E-state index contributed by atoms with van der Waals surface area (Å²) in [5, 5.41) is 22.7. The van der Waals surface area contributed by atoms with E-state index in [1.54, 1.807) is 23.5 Å². The van der Waals surface area contributed by atoms with Crippen LogP contribution in [0.3, 0.4) is 0 Å². The molecule has 6 rings (SSSR count). The molecule has 4 atom stereocenters. The standard InChI is InChI=1S/C24H23F3N6O2/c1-14-29-23(13-34)9-10-32(12-23)21(24(25,26)27)16-6-8-19-30-31-22(33(19)11-16)17-7-5-15-3-2-4-18(35-14)20(15)28-17/h2-8,11,14,21,29,34H,9-10,12-13H2,1H3. The highest BCUT2D eigenvalue weighted by atomic mass is 19.4. The molecule has 11 heteroatoms. The summed E-state index contributed by atoms with van der Waals surface area (Å²) in [5.74, 6) is 0.858. The number of aromatic nitrogens is 4. The fourth-order valence-electron chi connectivity index (χ4n) is 5.26. The Morgan fingerprint density at radius 2 is 2.03 bits per heavy atom. The number of benzene rings is 1. The second-order valence-corrected chi connectivity index (χ2v) is 9.25. The van der Waals surface area contributed by atoms with Crippen molar-refractivity contribution in [1.29, 1.82) is 0 Å². The summed E-state index contributed by atoms with van der Waals surface area (Å²) in [6.45, 7) is 1.61. The van der Waals surface area contributed by atoms with E-state index in [0.29, 0.717) is 34.9 Å². The van der Waals surface area contributed by atoms with Gasteiger partial charge in [-0.05, 0) is 37.1 Å². The van der Waals surface area contributed by atoms with Crippen LogP contribution in [0, 0.1) is 0 Å². The highest BCUT2D eigenvalue weighted by Gasteiger charge is 2.50. The van der Waals surface area contributed by atoms with E-state index in [-0.39, 0.29) is 25.3 Å². The minimum Gasteiger partial charge on any atom is -0.473 e. The number of para-hydroxylation sites is 1. The monoisotopic (exact) mass is 484 g/mol. The molecule has 4 unspecified atom stereocenters. The average Bonchev–Trinajstić information content (AvgIpc) is 3.42. The first-order chi connectivity index (χ1) is 16.8. The predicted octanol–water partition coefficient (Wildman–Crippen LogP) is 3.31. The van der Waals surface area contributed by atoms with Crippen molar-refractivity contribution < 1.29 is 23.0 Å². The van der Waals surface area contributed by atoms with Crippen molar-refractivity contribution in [1.82, 2.24) is 29.8 Å². The molecular formula is C24H23F3N6O2. The van der Waals surface area contributed by atoms with Gasteiger partial charge in [0, 0.05) is 24.7 Å². The molecule has 5 heterocycles. The maximum atomic E-state index is 14.4. The van der Waals surface area contributed by atoms with Crippen LogP contribution < -0.4 is 10.1 Å². The topological polar surface area (TPSA) is 87.8 Å².